The molecule has 0 bridgehead atoms. The number of nitrogen functional groups attached to an aromatic ring is 1. The lowest BCUT2D eigenvalue weighted by molar-refractivity contribution is 0.355. The van der Waals surface area contributed by atoms with Crippen LogP contribution in [0.15, 0.2) is 12.1 Å². The molecule has 2 aromatic rings. The molecule has 19 heavy (non-hydrogen) atoms. The van der Waals surface area contributed by atoms with E-state index in [1.54, 1.807) is 14.2 Å². The summed E-state index contributed by atoms with van der Waals surface area (Å²) in [4.78, 5) is 5.28. The monoisotopic (exact) mass is 299 g/mol. The van der Waals surface area contributed by atoms with Crippen molar-refractivity contribution in [3.8, 4) is 21.9 Å². The van der Waals surface area contributed by atoms with Crippen molar-refractivity contribution in [3.05, 3.63) is 22.8 Å². The summed E-state index contributed by atoms with van der Waals surface area (Å²) in [6.07, 6.45) is 0. The Morgan fingerprint density at radius 1 is 1.32 bits per heavy atom. The average molecular weight is 300 g/mol. The van der Waals surface area contributed by atoms with Crippen LogP contribution in [-0.2, 0) is 0 Å². The molecule has 0 radical (unpaired) electrons. The predicted octanol–water partition coefficient (Wildman–Crippen LogP) is 3.07. The van der Waals surface area contributed by atoms with Crippen molar-refractivity contribution in [3.63, 3.8) is 0 Å². The molecular weight excluding hydrogens is 286 g/mol. The van der Waals surface area contributed by atoms with E-state index in [0.29, 0.717) is 21.7 Å². The zero-order chi connectivity index (χ0) is 14.0. The van der Waals surface area contributed by atoms with Crippen LogP contribution in [0.2, 0.25) is 5.02 Å². The van der Waals surface area contributed by atoms with Gasteiger partial charge in [-0.15, -0.1) is 0 Å². The Hall–Kier alpha value is -1.50. The smallest absolute Gasteiger partial charge is 0.197 e. The van der Waals surface area contributed by atoms with E-state index in [2.05, 4.69) is 10.4 Å². The van der Waals surface area contributed by atoms with E-state index in [1.165, 1.54) is 11.3 Å². The Morgan fingerprint density at radius 3 is 2.58 bits per heavy atom. The number of thiazole rings is 1. The highest BCUT2D eigenvalue weighted by Crippen LogP contribution is 2.42. The molecule has 0 aliphatic rings. The second-order valence-corrected chi connectivity index (χ2v) is 5.18. The molecule has 1 heterocycles. The molecule has 5 nitrogen and oxygen atoms in total. The van der Waals surface area contributed by atoms with E-state index in [4.69, 9.17) is 26.9 Å². The quantitative estimate of drug-likeness (QED) is 0.671. The van der Waals surface area contributed by atoms with Gasteiger partial charge in [0.2, 0.25) is 0 Å². The van der Waals surface area contributed by atoms with Crippen LogP contribution in [0.5, 0.6) is 11.5 Å². The van der Waals surface area contributed by atoms with Gasteiger partial charge < -0.3 is 9.47 Å². The summed E-state index contributed by atoms with van der Waals surface area (Å²) in [5.41, 5.74) is 4.33. The fourth-order valence-corrected chi connectivity index (χ4v) is 2.93. The standard InChI is InChI=1S/C12H14ClN3O2S/c1-6-11(19-12(15-6)16-14)7-4-8(13)10(18-3)9(5-7)17-2/h4-5H,14H2,1-3H3,(H,15,16). The van der Waals surface area contributed by atoms with Crippen molar-refractivity contribution in [1.82, 2.24) is 4.98 Å². The van der Waals surface area contributed by atoms with Crippen molar-refractivity contribution < 1.29 is 9.47 Å². The second kappa shape index (κ2) is 5.64. The van der Waals surface area contributed by atoms with Gasteiger partial charge in [0.15, 0.2) is 16.6 Å². The average Bonchev–Trinajstić information content (AvgIpc) is 2.79. The van der Waals surface area contributed by atoms with Crippen LogP contribution in [-0.4, -0.2) is 19.2 Å². The molecule has 0 fully saturated rings. The number of hydrazine groups is 1. The summed E-state index contributed by atoms with van der Waals surface area (Å²) in [5.74, 6) is 6.47. The number of nitrogens with zero attached hydrogens (tertiary/aromatic N) is 1. The van der Waals surface area contributed by atoms with Gasteiger partial charge in [-0.25, -0.2) is 10.8 Å². The molecule has 0 aliphatic heterocycles. The highest BCUT2D eigenvalue weighted by atomic mass is 35.5. The largest absolute Gasteiger partial charge is 0.493 e. The number of halogens is 1. The zero-order valence-electron chi connectivity index (χ0n) is 10.8. The van der Waals surface area contributed by atoms with Crippen LogP contribution in [0.4, 0.5) is 5.13 Å². The summed E-state index contributed by atoms with van der Waals surface area (Å²) in [5, 5.41) is 1.14. The van der Waals surface area contributed by atoms with Gasteiger partial charge in [-0.2, -0.15) is 0 Å². The molecule has 0 unspecified atom stereocenters. The molecular formula is C12H14ClN3O2S. The van der Waals surface area contributed by atoms with Crippen molar-refractivity contribution in [2.24, 2.45) is 5.84 Å². The van der Waals surface area contributed by atoms with Gasteiger partial charge in [0.1, 0.15) is 0 Å². The predicted molar refractivity (Wildman–Crippen MR) is 78.2 cm³/mol. The second-order valence-electron chi connectivity index (χ2n) is 3.77. The molecule has 3 N–H and O–H groups in total. The Bertz CT molecular complexity index is 601. The third-order valence-electron chi connectivity index (χ3n) is 2.62. The van der Waals surface area contributed by atoms with Crippen LogP contribution in [0.1, 0.15) is 5.69 Å². The van der Waals surface area contributed by atoms with Crippen LogP contribution in [0, 0.1) is 6.92 Å². The number of benzene rings is 1. The molecule has 2 rings (SSSR count). The highest BCUT2D eigenvalue weighted by molar-refractivity contribution is 7.19. The highest BCUT2D eigenvalue weighted by Gasteiger charge is 2.15. The molecule has 0 amide bonds. The van der Waals surface area contributed by atoms with Crippen LogP contribution in [0.3, 0.4) is 0 Å². The van der Waals surface area contributed by atoms with Crippen LogP contribution >= 0.6 is 22.9 Å². The number of nitrogens with two attached hydrogens (primary N) is 1. The van der Waals surface area contributed by atoms with Crippen molar-refractivity contribution in [2.75, 3.05) is 19.6 Å². The van der Waals surface area contributed by atoms with E-state index in [1.807, 2.05) is 19.1 Å². The number of hydrogen-bond acceptors (Lipinski definition) is 6. The Morgan fingerprint density at radius 2 is 2.05 bits per heavy atom. The number of anilines is 1. The third kappa shape index (κ3) is 2.60. The van der Waals surface area contributed by atoms with E-state index in [9.17, 15) is 0 Å². The first-order valence-corrected chi connectivity index (χ1v) is 6.66. The number of rotatable bonds is 4. The normalized spacial score (nSPS) is 10.4. The van der Waals surface area contributed by atoms with Gasteiger partial charge in [-0.05, 0) is 24.6 Å². The molecule has 7 heteroatoms. The lowest BCUT2D eigenvalue weighted by atomic mass is 10.1. The summed E-state index contributed by atoms with van der Waals surface area (Å²) >= 11 is 7.65. The van der Waals surface area contributed by atoms with Gasteiger partial charge in [-0.1, -0.05) is 22.9 Å². The molecule has 1 aromatic carbocycles. The minimum absolute atomic E-state index is 0.493. The number of ether oxygens (including phenoxy) is 2. The number of aryl methyl sites for hydroxylation is 1. The molecule has 0 atom stereocenters. The lowest BCUT2D eigenvalue weighted by Gasteiger charge is -2.11. The number of nitrogens with one attached hydrogen (secondary N) is 1. The van der Waals surface area contributed by atoms with Gasteiger partial charge in [0, 0.05) is 0 Å². The molecule has 0 aliphatic carbocycles. The minimum atomic E-state index is 0.493. The summed E-state index contributed by atoms with van der Waals surface area (Å²) in [7, 11) is 3.13. The number of aromatic nitrogens is 1. The van der Waals surface area contributed by atoms with E-state index < -0.39 is 0 Å². The van der Waals surface area contributed by atoms with E-state index in [-0.39, 0.29) is 0 Å². The van der Waals surface area contributed by atoms with E-state index in [0.717, 1.165) is 16.1 Å². The van der Waals surface area contributed by atoms with Gasteiger partial charge in [0.05, 0.1) is 29.8 Å². The topological polar surface area (TPSA) is 69.4 Å². The maximum absolute atomic E-state index is 6.20. The van der Waals surface area contributed by atoms with Gasteiger partial charge >= 0.3 is 0 Å². The molecule has 1 aromatic heterocycles. The Kier molecular flexibility index (Phi) is 4.14. The molecule has 102 valence electrons. The Labute approximate surface area is 120 Å². The van der Waals surface area contributed by atoms with E-state index >= 15 is 0 Å². The van der Waals surface area contributed by atoms with Crippen molar-refractivity contribution in [1.29, 1.82) is 0 Å². The zero-order valence-corrected chi connectivity index (χ0v) is 12.4. The SMILES string of the molecule is COc1cc(-c2sc(NN)nc2C)cc(Cl)c1OC. The fraction of sp³-hybridized carbons (Fsp3) is 0.250. The van der Waals surface area contributed by atoms with Crippen molar-refractivity contribution >= 4 is 28.1 Å². The molecule has 0 spiro atoms. The van der Waals surface area contributed by atoms with Crippen LogP contribution < -0.4 is 20.7 Å². The molecule has 0 saturated heterocycles. The van der Waals surface area contributed by atoms with Crippen LogP contribution in [0.25, 0.3) is 10.4 Å². The first kappa shape index (κ1) is 13.9. The van der Waals surface area contributed by atoms with Crippen molar-refractivity contribution in [2.45, 2.75) is 6.92 Å². The summed E-state index contributed by atoms with van der Waals surface area (Å²) < 4.78 is 10.5. The summed E-state index contributed by atoms with van der Waals surface area (Å²) in [6, 6.07) is 3.69. The first-order chi connectivity index (χ1) is 9.10. The number of hydrogen-bond donors (Lipinski definition) is 2. The number of methoxy groups -OCH3 is 2. The van der Waals surface area contributed by atoms with Gasteiger partial charge in [0.25, 0.3) is 0 Å². The lowest BCUT2D eigenvalue weighted by Crippen LogP contribution is -2.05. The minimum Gasteiger partial charge on any atom is -0.493 e. The Balaban J connectivity index is 2.56. The fourth-order valence-electron chi connectivity index (χ4n) is 1.78. The molecule has 0 saturated carbocycles. The summed E-state index contributed by atoms with van der Waals surface area (Å²) in [6.45, 7) is 1.91. The maximum Gasteiger partial charge on any atom is 0.197 e. The first-order valence-electron chi connectivity index (χ1n) is 5.46. The third-order valence-corrected chi connectivity index (χ3v) is 4.03. The van der Waals surface area contributed by atoms with Gasteiger partial charge in [-0.3, -0.25) is 5.43 Å². The maximum atomic E-state index is 6.20.